The smallest absolute Gasteiger partial charge is 0.251 e. The molecule has 1 amide bonds. The Balaban J connectivity index is 1.65. The molecule has 2 N–H and O–H groups in total. The van der Waals surface area contributed by atoms with E-state index in [0.29, 0.717) is 30.5 Å². The first kappa shape index (κ1) is 17.4. The van der Waals surface area contributed by atoms with Crippen molar-refractivity contribution in [3.05, 3.63) is 59.3 Å². The Morgan fingerprint density at radius 3 is 3.08 bits per heavy atom. The van der Waals surface area contributed by atoms with E-state index in [-0.39, 0.29) is 5.91 Å². The van der Waals surface area contributed by atoms with Crippen molar-refractivity contribution in [1.82, 2.24) is 15.6 Å². The van der Waals surface area contributed by atoms with Crippen LogP contribution in [-0.4, -0.2) is 30.6 Å². The molecule has 0 bridgehead atoms. The maximum absolute atomic E-state index is 12.5. The summed E-state index contributed by atoms with van der Waals surface area (Å²) in [7, 11) is 0. The van der Waals surface area contributed by atoms with Gasteiger partial charge in [0.05, 0.1) is 6.61 Å². The number of rotatable bonds is 6. The molecule has 1 saturated heterocycles. The highest BCUT2D eigenvalue weighted by Crippen LogP contribution is 2.24. The first-order valence-electron chi connectivity index (χ1n) is 8.93. The summed E-state index contributed by atoms with van der Waals surface area (Å²) in [5, 5.41) is 6.40. The minimum atomic E-state index is -0.0723. The van der Waals surface area contributed by atoms with Crippen molar-refractivity contribution in [2.24, 2.45) is 0 Å². The molecule has 25 heavy (non-hydrogen) atoms. The summed E-state index contributed by atoms with van der Waals surface area (Å²) in [6.45, 7) is 4.94. The van der Waals surface area contributed by atoms with Crippen molar-refractivity contribution in [2.75, 3.05) is 19.7 Å². The Morgan fingerprint density at radius 1 is 1.36 bits per heavy atom. The van der Waals surface area contributed by atoms with E-state index in [4.69, 9.17) is 4.74 Å². The van der Waals surface area contributed by atoms with Crippen LogP contribution in [0.15, 0.2) is 42.6 Å². The van der Waals surface area contributed by atoms with E-state index in [2.05, 4.69) is 21.7 Å². The molecular formula is C20H25N3O2. The van der Waals surface area contributed by atoms with E-state index in [9.17, 15) is 4.79 Å². The molecule has 1 unspecified atom stereocenters. The lowest BCUT2D eigenvalue weighted by Crippen LogP contribution is -2.28. The van der Waals surface area contributed by atoms with E-state index in [1.54, 1.807) is 6.20 Å². The zero-order valence-electron chi connectivity index (χ0n) is 14.6. The van der Waals surface area contributed by atoms with Crippen molar-refractivity contribution in [1.29, 1.82) is 0 Å². The van der Waals surface area contributed by atoms with Crippen molar-refractivity contribution < 1.29 is 9.53 Å². The number of carbonyl (C=O) groups is 1. The summed E-state index contributed by atoms with van der Waals surface area (Å²) in [6, 6.07) is 11.7. The van der Waals surface area contributed by atoms with Crippen LogP contribution in [-0.2, 0) is 6.54 Å². The second kappa shape index (κ2) is 8.62. The van der Waals surface area contributed by atoms with Gasteiger partial charge < -0.3 is 15.4 Å². The quantitative estimate of drug-likeness (QED) is 0.849. The van der Waals surface area contributed by atoms with Crippen LogP contribution in [0, 0.1) is 0 Å². The molecule has 1 aliphatic rings. The number of carbonyl (C=O) groups excluding carboxylic acids is 1. The lowest BCUT2D eigenvalue weighted by atomic mass is 9.90. The van der Waals surface area contributed by atoms with E-state index in [1.807, 2.05) is 37.3 Å². The van der Waals surface area contributed by atoms with Gasteiger partial charge in [-0.1, -0.05) is 18.2 Å². The number of nitrogens with one attached hydrogen (secondary N) is 2. The Hall–Kier alpha value is -2.40. The predicted octanol–water partition coefficient (Wildman–Crippen LogP) is 2.88. The van der Waals surface area contributed by atoms with Crippen molar-refractivity contribution in [3.8, 4) is 5.88 Å². The van der Waals surface area contributed by atoms with Crippen LogP contribution in [0.25, 0.3) is 0 Å². The standard InChI is InChI=1S/C20H25N3O2/c1-2-25-20-18(9-5-11-22-20)14-23-19(24)16-7-3-6-15(12-16)17-8-4-10-21-13-17/h3,5-7,9,11-12,17,21H,2,4,8,10,13-14H2,1H3,(H,23,24). The first-order chi connectivity index (χ1) is 12.3. The van der Waals surface area contributed by atoms with Crippen LogP contribution < -0.4 is 15.4 Å². The van der Waals surface area contributed by atoms with Crippen LogP contribution in [0.1, 0.15) is 47.2 Å². The number of amides is 1. The lowest BCUT2D eigenvalue weighted by Gasteiger charge is -2.23. The number of hydrogen-bond acceptors (Lipinski definition) is 4. The van der Waals surface area contributed by atoms with Gasteiger partial charge in [0.15, 0.2) is 0 Å². The summed E-state index contributed by atoms with van der Waals surface area (Å²) < 4.78 is 5.50. The molecule has 0 aliphatic carbocycles. The molecule has 132 valence electrons. The molecule has 1 aromatic heterocycles. The van der Waals surface area contributed by atoms with Crippen LogP contribution in [0.5, 0.6) is 5.88 Å². The lowest BCUT2D eigenvalue weighted by molar-refractivity contribution is 0.0950. The number of ether oxygens (including phenoxy) is 1. The summed E-state index contributed by atoms with van der Waals surface area (Å²) >= 11 is 0. The van der Waals surface area contributed by atoms with Gasteiger partial charge in [0.25, 0.3) is 5.91 Å². The second-order valence-corrected chi connectivity index (χ2v) is 6.25. The van der Waals surface area contributed by atoms with Gasteiger partial charge in [-0.3, -0.25) is 4.79 Å². The first-order valence-corrected chi connectivity index (χ1v) is 8.93. The number of aromatic nitrogens is 1. The minimum Gasteiger partial charge on any atom is -0.478 e. The van der Waals surface area contributed by atoms with Gasteiger partial charge in [-0.15, -0.1) is 0 Å². The van der Waals surface area contributed by atoms with Crippen molar-refractivity contribution in [2.45, 2.75) is 32.2 Å². The molecule has 2 heterocycles. The third kappa shape index (κ3) is 4.57. The average Bonchev–Trinajstić information content (AvgIpc) is 2.68. The number of nitrogens with zero attached hydrogens (tertiary/aromatic N) is 1. The largest absolute Gasteiger partial charge is 0.478 e. The van der Waals surface area contributed by atoms with Gasteiger partial charge in [0.2, 0.25) is 5.88 Å². The van der Waals surface area contributed by atoms with Gasteiger partial charge in [-0.05, 0) is 56.0 Å². The second-order valence-electron chi connectivity index (χ2n) is 6.25. The Bertz CT molecular complexity index is 712. The Kier molecular flexibility index (Phi) is 6.01. The molecule has 5 heteroatoms. The van der Waals surface area contributed by atoms with Gasteiger partial charge >= 0.3 is 0 Å². The normalized spacial score (nSPS) is 17.1. The molecule has 2 aromatic rings. The molecule has 0 radical (unpaired) electrons. The topological polar surface area (TPSA) is 63.2 Å². The Labute approximate surface area is 148 Å². The van der Waals surface area contributed by atoms with Gasteiger partial charge in [-0.2, -0.15) is 0 Å². The highest BCUT2D eigenvalue weighted by molar-refractivity contribution is 5.94. The highest BCUT2D eigenvalue weighted by atomic mass is 16.5. The fraction of sp³-hybridized carbons (Fsp3) is 0.400. The molecule has 0 spiro atoms. The molecule has 5 nitrogen and oxygen atoms in total. The minimum absolute atomic E-state index is 0.0723. The molecule has 1 aromatic carbocycles. The molecule has 1 fully saturated rings. The maximum atomic E-state index is 12.5. The van der Waals surface area contributed by atoms with E-state index >= 15 is 0 Å². The molecule has 1 atom stereocenters. The van der Waals surface area contributed by atoms with Crippen molar-refractivity contribution >= 4 is 5.91 Å². The molecule has 0 saturated carbocycles. The molecule has 3 rings (SSSR count). The molecule has 1 aliphatic heterocycles. The van der Waals surface area contributed by atoms with E-state index < -0.39 is 0 Å². The monoisotopic (exact) mass is 339 g/mol. The number of hydrogen-bond donors (Lipinski definition) is 2. The summed E-state index contributed by atoms with van der Waals surface area (Å²) in [5.41, 5.74) is 2.81. The third-order valence-electron chi connectivity index (χ3n) is 4.49. The maximum Gasteiger partial charge on any atom is 0.251 e. The average molecular weight is 339 g/mol. The predicted molar refractivity (Wildman–Crippen MR) is 97.9 cm³/mol. The Morgan fingerprint density at radius 2 is 2.28 bits per heavy atom. The SMILES string of the molecule is CCOc1ncccc1CNC(=O)c1cccc(C2CCCNC2)c1. The van der Waals surface area contributed by atoms with E-state index in [0.717, 1.165) is 18.7 Å². The molecular weight excluding hydrogens is 314 g/mol. The van der Waals surface area contributed by atoms with E-state index in [1.165, 1.54) is 18.4 Å². The van der Waals surface area contributed by atoms with Gasteiger partial charge in [0.1, 0.15) is 0 Å². The highest BCUT2D eigenvalue weighted by Gasteiger charge is 2.16. The third-order valence-corrected chi connectivity index (χ3v) is 4.49. The zero-order valence-corrected chi connectivity index (χ0v) is 14.6. The number of benzene rings is 1. The summed E-state index contributed by atoms with van der Waals surface area (Å²) in [4.78, 5) is 16.7. The van der Waals surface area contributed by atoms with Gasteiger partial charge in [0, 0.05) is 30.4 Å². The number of piperidine rings is 1. The van der Waals surface area contributed by atoms with Crippen LogP contribution >= 0.6 is 0 Å². The van der Waals surface area contributed by atoms with Crippen LogP contribution in [0.4, 0.5) is 0 Å². The zero-order chi connectivity index (χ0) is 17.5. The summed E-state index contributed by atoms with van der Waals surface area (Å²) in [6.07, 6.45) is 4.05. The van der Waals surface area contributed by atoms with Crippen LogP contribution in [0.3, 0.4) is 0 Å². The number of pyridine rings is 1. The van der Waals surface area contributed by atoms with Gasteiger partial charge in [-0.25, -0.2) is 4.98 Å². The van der Waals surface area contributed by atoms with Crippen LogP contribution in [0.2, 0.25) is 0 Å². The fourth-order valence-electron chi connectivity index (χ4n) is 3.17. The fourth-order valence-corrected chi connectivity index (χ4v) is 3.17. The van der Waals surface area contributed by atoms with Crippen molar-refractivity contribution in [3.63, 3.8) is 0 Å². The summed E-state index contributed by atoms with van der Waals surface area (Å²) in [5.74, 6) is 0.994.